The van der Waals surface area contributed by atoms with Crippen LogP contribution in [-0.4, -0.2) is 44.3 Å². The quantitative estimate of drug-likeness (QED) is 0.764. The third kappa shape index (κ3) is 3.93. The molecule has 1 aliphatic heterocycles. The molecule has 3 heterocycles. The zero-order valence-electron chi connectivity index (χ0n) is 14.7. The van der Waals surface area contributed by atoms with E-state index in [2.05, 4.69) is 56.5 Å². The van der Waals surface area contributed by atoms with Gasteiger partial charge >= 0.3 is 0 Å². The molecule has 0 radical (unpaired) electrons. The van der Waals surface area contributed by atoms with Crippen LogP contribution in [0.1, 0.15) is 22.7 Å². The molecule has 3 aromatic rings. The molecule has 136 valence electrons. The van der Waals surface area contributed by atoms with Crippen molar-refractivity contribution in [2.45, 2.75) is 19.5 Å². The van der Waals surface area contributed by atoms with Crippen LogP contribution in [-0.2, 0) is 6.54 Å². The molecule has 1 saturated heterocycles. The highest BCUT2D eigenvalue weighted by Crippen LogP contribution is 2.24. The van der Waals surface area contributed by atoms with Crippen LogP contribution < -0.4 is 5.32 Å². The number of piperazine rings is 1. The number of aromatic nitrogens is 4. The lowest BCUT2D eigenvalue weighted by Gasteiger charge is -2.36. The highest BCUT2D eigenvalue weighted by Gasteiger charge is 2.24. The molecular formula is C19H23ClN6. The number of hydrogen-bond acceptors (Lipinski definition) is 5. The normalized spacial score (nSPS) is 17.7. The van der Waals surface area contributed by atoms with Gasteiger partial charge in [-0.25, -0.2) is 9.67 Å². The van der Waals surface area contributed by atoms with Gasteiger partial charge in [0.1, 0.15) is 12.7 Å². The van der Waals surface area contributed by atoms with E-state index in [9.17, 15) is 0 Å². The Morgan fingerprint density at radius 3 is 2.88 bits per heavy atom. The maximum atomic E-state index is 4.29. The Kier molecular flexibility index (Phi) is 5.98. The lowest BCUT2D eigenvalue weighted by Crippen LogP contribution is -2.45. The maximum absolute atomic E-state index is 4.29. The van der Waals surface area contributed by atoms with E-state index in [0.29, 0.717) is 6.04 Å². The third-order valence-corrected chi connectivity index (χ3v) is 4.74. The first kappa shape index (κ1) is 18.5. The van der Waals surface area contributed by atoms with Gasteiger partial charge in [-0.2, -0.15) is 5.10 Å². The summed E-state index contributed by atoms with van der Waals surface area (Å²) < 4.78 is 1.81. The van der Waals surface area contributed by atoms with Crippen LogP contribution in [0.3, 0.4) is 0 Å². The molecule has 1 aliphatic rings. The minimum Gasteiger partial charge on any atom is -0.314 e. The van der Waals surface area contributed by atoms with Gasteiger partial charge in [-0.05, 0) is 35.7 Å². The molecule has 26 heavy (non-hydrogen) atoms. The molecule has 0 amide bonds. The number of pyridine rings is 1. The third-order valence-electron chi connectivity index (χ3n) is 4.74. The molecule has 7 heteroatoms. The Labute approximate surface area is 159 Å². The van der Waals surface area contributed by atoms with Crippen LogP contribution in [0.25, 0.3) is 5.69 Å². The Bertz CT molecular complexity index is 821. The molecule has 0 aliphatic carbocycles. The topological polar surface area (TPSA) is 58.9 Å². The molecule has 0 saturated carbocycles. The van der Waals surface area contributed by atoms with Gasteiger partial charge in [0, 0.05) is 44.6 Å². The van der Waals surface area contributed by atoms with E-state index >= 15 is 0 Å². The Morgan fingerprint density at radius 2 is 2.15 bits per heavy atom. The number of halogens is 1. The van der Waals surface area contributed by atoms with Gasteiger partial charge in [0.15, 0.2) is 0 Å². The number of nitrogens with zero attached hydrogens (tertiary/aromatic N) is 5. The Hall–Kier alpha value is -2.28. The average Bonchev–Trinajstić information content (AvgIpc) is 3.17. The summed E-state index contributed by atoms with van der Waals surface area (Å²) in [7, 11) is 0. The molecule has 2 aromatic heterocycles. The summed E-state index contributed by atoms with van der Waals surface area (Å²) >= 11 is 0. The maximum Gasteiger partial charge on any atom is 0.138 e. The van der Waals surface area contributed by atoms with E-state index in [-0.39, 0.29) is 12.4 Å². The summed E-state index contributed by atoms with van der Waals surface area (Å²) in [6.45, 7) is 6.06. The van der Waals surface area contributed by atoms with Gasteiger partial charge in [-0.3, -0.25) is 9.88 Å². The summed E-state index contributed by atoms with van der Waals surface area (Å²) in [5, 5.41) is 7.72. The van der Waals surface area contributed by atoms with Crippen molar-refractivity contribution in [2.75, 3.05) is 19.6 Å². The van der Waals surface area contributed by atoms with E-state index in [1.165, 1.54) is 16.7 Å². The molecule has 0 bridgehead atoms. The summed E-state index contributed by atoms with van der Waals surface area (Å²) in [6, 6.07) is 11.1. The first-order valence-electron chi connectivity index (χ1n) is 8.60. The number of benzene rings is 1. The van der Waals surface area contributed by atoms with Crippen LogP contribution in [0.5, 0.6) is 0 Å². The molecule has 6 nitrogen and oxygen atoms in total. The van der Waals surface area contributed by atoms with Gasteiger partial charge in [0.05, 0.1) is 5.69 Å². The lowest BCUT2D eigenvalue weighted by molar-refractivity contribution is 0.153. The van der Waals surface area contributed by atoms with Crippen molar-refractivity contribution in [3.63, 3.8) is 0 Å². The Morgan fingerprint density at radius 1 is 1.23 bits per heavy atom. The standard InChI is InChI=1S/C19H22N6.ClH/c1-15-9-16(4-5-18(15)25-14-22-13-23-25)12-24-8-7-21-11-19(24)17-3-2-6-20-10-17;/h2-6,9-10,13-14,19,21H,7-8,11-12H2,1H3;1H. The van der Waals surface area contributed by atoms with Gasteiger partial charge < -0.3 is 5.32 Å². The minimum atomic E-state index is 0. The predicted octanol–water partition coefficient (Wildman–Crippen LogP) is 2.54. The van der Waals surface area contributed by atoms with Crippen molar-refractivity contribution < 1.29 is 0 Å². The monoisotopic (exact) mass is 370 g/mol. The second kappa shape index (κ2) is 8.40. The van der Waals surface area contributed by atoms with Crippen molar-refractivity contribution in [1.82, 2.24) is 30.0 Å². The fourth-order valence-corrected chi connectivity index (χ4v) is 3.48. The van der Waals surface area contributed by atoms with Crippen molar-refractivity contribution in [3.8, 4) is 5.69 Å². The molecule has 1 N–H and O–H groups in total. The van der Waals surface area contributed by atoms with E-state index in [1.807, 2.05) is 23.1 Å². The summed E-state index contributed by atoms with van der Waals surface area (Å²) in [5.74, 6) is 0. The van der Waals surface area contributed by atoms with Crippen LogP contribution in [0.4, 0.5) is 0 Å². The predicted molar refractivity (Wildman–Crippen MR) is 104 cm³/mol. The fourth-order valence-electron chi connectivity index (χ4n) is 3.48. The second-order valence-electron chi connectivity index (χ2n) is 6.44. The number of aryl methyl sites for hydroxylation is 1. The number of nitrogens with one attached hydrogen (secondary N) is 1. The summed E-state index contributed by atoms with van der Waals surface area (Å²) in [5.41, 5.74) is 4.87. The highest BCUT2D eigenvalue weighted by atomic mass is 35.5. The molecular weight excluding hydrogens is 348 g/mol. The molecule has 0 spiro atoms. The van der Waals surface area contributed by atoms with Gasteiger partial charge in [0.25, 0.3) is 0 Å². The van der Waals surface area contributed by atoms with Gasteiger partial charge in [-0.15, -0.1) is 12.4 Å². The highest BCUT2D eigenvalue weighted by molar-refractivity contribution is 5.85. The lowest BCUT2D eigenvalue weighted by atomic mass is 10.0. The van der Waals surface area contributed by atoms with Crippen molar-refractivity contribution in [2.24, 2.45) is 0 Å². The van der Waals surface area contributed by atoms with E-state index in [1.54, 1.807) is 12.7 Å². The largest absolute Gasteiger partial charge is 0.314 e. The van der Waals surface area contributed by atoms with Crippen molar-refractivity contribution in [3.05, 3.63) is 72.1 Å². The molecule has 1 fully saturated rings. The van der Waals surface area contributed by atoms with E-state index in [4.69, 9.17) is 0 Å². The van der Waals surface area contributed by atoms with E-state index < -0.39 is 0 Å². The van der Waals surface area contributed by atoms with Crippen LogP contribution in [0, 0.1) is 6.92 Å². The first-order valence-corrected chi connectivity index (χ1v) is 8.60. The van der Waals surface area contributed by atoms with Gasteiger partial charge in [0.2, 0.25) is 0 Å². The van der Waals surface area contributed by atoms with Crippen molar-refractivity contribution >= 4 is 12.4 Å². The summed E-state index contributed by atoms with van der Waals surface area (Å²) in [4.78, 5) is 10.8. The van der Waals surface area contributed by atoms with E-state index in [0.717, 1.165) is 31.9 Å². The van der Waals surface area contributed by atoms with Gasteiger partial charge in [-0.1, -0.05) is 18.2 Å². The van der Waals surface area contributed by atoms with Crippen LogP contribution >= 0.6 is 12.4 Å². The van der Waals surface area contributed by atoms with Crippen molar-refractivity contribution in [1.29, 1.82) is 0 Å². The molecule has 1 atom stereocenters. The zero-order chi connectivity index (χ0) is 17.1. The first-order chi connectivity index (χ1) is 12.3. The van der Waals surface area contributed by atoms with Crippen LogP contribution in [0.2, 0.25) is 0 Å². The van der Waals surface area contributed by atoms with Crippen LogP contribution in [0.15, 0.2) is 55.4 Å². The average molecular weight is 371 g/mol. The summed E-state index contributed by atoms with van der Waals surface area (Å²) in [6.07, 6.45) is 7.10. The SMILES string of the molecule is Cc1cc(CN2CCNCC2c2cccnc2)ccc1-n1cncn1.Cl. The number of hydrogen-bond donors (Lipinski definition) is 1. The Balaban J connectivity index is 0.00000196. The zero-order valence-corrected chi connectivity index (χ0v) is 15.6. The molecule has 4 rings (SSSR count). The molecule has 1 aromatic carbocycles. The molecule has 1 unspecified atom stereocenters. The smallest absolute Gasteiger partial charge is 0.138 e. The number of rotatable bonds is 4. The fraction of sp³-hybridized carbons (Fsp3) is 0.316. The second-order valence-corrected chi connectivity index (χ2v) is 6.44. The minimum absolute atomic E-state index is 0.